The first-order valence-electron chi connectivity index (χ1n) is 8.28. The zero-order valence-electron chi connectivity index (χ0n) is 15.6. The minimum atomic E-state index is -0.318. The predicted octanol–water partition coefficient (Wildman–Crippen LogP) is 1.84. The van der Waals surface area contributed by atoms with Crippen LogP contribution in [0.3, 0.4) is 0 Å². The van der Waals surface area contributed by atoms with Gasteiger partial charge in [-0.05, 0) is 46.1 Å². The third-order valence-corrected chi connectivity index (χ3v) is 3.75. The summed E-state index contributed by atoms with van der Waals surface area (Å²) in [4.78, 5) is 13.6. The van der Waals surface area contributed by atoms with Gasteiger partial charge in [0.2, 0.25) is 5.88 Å². The number of piperidine rings is 1. The summed E-state index contributed by atoms with van der Waals surface area (Å²) < 4.78 is 9.65. The number of methoxy groups -OCH3 is 1. The molecule has 0 bridgehead atoms. The van der Waals surface area contributed by atoms with Crippen molar-refractivity contribution in [2.75, 3.05) is 25.9 Å². The van der Waals surface area contributed by atoms with E-state index in [1.165, 1.54) is 7.11 Å². The van der Waals surface area contributed by atoms with Crippen molar-refractivity contribution in [2.45, 2.75) is 45.1 Å². The monoisotopic (exact) mass is 359 g/mol. The average molecular weight is 359 g/mol. The van der Waals surface area contributed by atoms with Gasteiger partial charge in [0.1, 0.15) is 29.1 Å². The molecule has 1 fully saturated rings. The number of anilines is 1. The Morgan fingerprint density at radius 3 is 2.35 bits per heavy atom. The molecule has 1 saturated heterocycles. The van der Waals surface area contributed by atoms with Gasteiger partial charge in [-0.25, -0.2) is 0 Å². The summed E-state index contributed by atoms with van der Waals surface area (Å²) in [7, 11) is 1.44. The molecule has 1 unspecified atom stereocenters. The summed E-state index contributed by atoms with van der Waals surface area (Å²) in [6.45, 7) is 7.61. The van der Waals surface area contributed by atoms with Crippen molar-refractivity contribution in [3.63, 3.8) is 0 Å². The number of rotatable bonds is 3. The maximum atomic E-state index is 9.60. The number of nitrogens with zero attached hydrogens (tertiary/aromatic N) is 3. The molecule has 140 valence electrons. The summed E-state index contributed by atoms with van der Waals surface area (Å²) in [6.07, 6.45) is 1.92. The van der Waals surface area contributed by atoms with E-state index in [1.54, 1.807) is 0 Å². The number of nitriles is 2. The molecule has 26 heavy (non-hydrogen) atoms. The first-order valence-corrected chi connectivity index (χ1v) is 8.28. The molecule has 1 aromatic rings. The van der Waals surface area contributed by atoms with Crippen LogP contribution in [0.1, 0.15) is 56.2 Å². The van der Waals surface area contributed by atoms with Gasteiger partial charge in [0.05, 0.1) is 12.7 Å². The molecule has 0 aliphatic carbocycles. The van der Waals surface area contributed by atoms with Gasteiger partial charge in [0, 0.05) is 12.1 Å². The summed E-state index contributed by atoms with van der Waals surface area (Å²) in [6, 6.07) is 4.16. The largest absolute Gasteiger partial charge is 0.480 e. The molecular formula is C18H25N5O3. The molecule has 2 heterocycles. The van der Waals surface area contributed by atoms with Gasteiger partial charge < -0.3 is 20.5 Å². The average Bonchev–Trinajstić information content (AvgIpc) is 2.60. The van der Waals surface area contributed by atoms with Crippen molar-refractivity contribution in [3.05, 3.63) is 16.7 Å². The number of nitrogens with one attached hydrogen (secondary N) is 1. The highest BCUT2D eigenvalue weighted by atomic mass is 16.5. The van der Waals surface area contributed by atoms with E-state index in [0.717, 1.165) is 25.9 Å². The van der Waals surface area contributed by atoms with Crippen LogP contribution >= 0.6 is 0 Å². The number of nitrogens with two attached hydrogens (primary N) is 1. The Kier molecular flexibility index (Phi) is 7.82. The number of hydrogen-bond acceptors (Lipinski definition) is 8. The molecule has 3 N–H and O–H groups in total. The fourth-order valence-electron chi connectivity index (χ4n) is 2.62. The Labute approximate surface area is 153 Å². The van der Waals surface area contributed by atoms with E-state index in [1.807, 2.05) is 20.8 Å². The zero-order valence-corrected chi connectivity index (χ0v) is 15.6. The van der Waals surface area contributed by atoms with Crippen LogP contribution in [0.5, 0.6) is 5.88 Å². The van der Waals surface area contributed by atoms with Crippen LogP contribution in [-0.4, -0.2) is 37.3 Å². The molecule has 0 spiro atoms. The van der Waals surface area contributed by atoms with Gasteiger partial charge in [-0.15, -0.1) is 0 Å². The Morgan fingerprint density at radius 1 is 1.31 bits per heavy atom. The van der Waals surface area contributed by atoms with Crippen LogP contribution in [-0.2, 0) is 9.53 Å². The van der Waals surface area contributed by atoms with Gasteiger partial charge in [0.25, 0.3) is 6.47 Å². The molecule has 1 aliphatic heterocycles. The molecule has 8 nitrogen and oxygen atoms in total. The van der Waals surface area contributed by atoms with Crippen LogP contribution in [0.2, 0.25) is 0 Å². The second-order valence-corrected chi connectivity index (χ2v) is 6.76. The van der Waals surface area contributed by atoms with Gasteiger partial charge >= 0.3 is 0 Å². The van der Waals surface area contributed by atoms with E-state index in [-0.39, 0.29) is 23.2 Å². The topological polar surface area (TPSA) is 134 Å². The Morgan fingerprint density at radius 2 is 1.96 bits per heavy atom. The van der Waals surface area contributed by atoms with E-state index in [4.69, 9.17) is 10.5 Å². The molecule has 1 aliphatic rings. The molecule has 0 amide bonds. The molecular weight excluding hydrogens is 334 g/mol. The molecule has 2 rings (SSSR count). The smallest absolute Gasteiger partial charge is 0.293 e. The van der Waals surface area contributed by atoms with E-state index in [0.29, 0.717) is 23.2 Å². The van der Waals surface area contributed by atoms with Crippen LogP contribution in [0.4, 0.5) is 5.82 Å². The predicted molar refractivity (Wildman–Crippen MR) is 96.4 cm³/mol. The lowest BCUT2D eigenvalue weighted by Gasteiger charge is -2.25. The number of hydrogen-bond donors (Lipinski definition) is 2. The summed E-state index contributed by atoms with van der Waals surface area (Å²) in [5.74, 6) is 0.413. The van der Waals surface area contributed by atoms with Crippen molar-refractivity contribution in [1.82, 2.24) is 10.3 Å². The van der Waals surface area contributed by atoms with E-state index in [9.17, 15) is 15.3 Å². The molecule has 0 aromatic carbocycles. The van der Waals surface area contributed by atoms with Crippen molar-refractivity contribution in [2.24, 2.45) is 0 Å². The first-order chi connectivity index (χ1) is 12.3. The summed E-state index contributed by atoms with van der Waals surface area (Å²) in [5.41, 5.74) is 6.76. The van der Waals surface area contributed by atoms with Gasteiger partial charge in [-0.3, -0.25) is 4.79 Å². The highest BCUT2D eigenvalue weighted by molar-refractivity contribution is 5.63. The quantitative estimate of drug-likeness (QED) is 0.781. The molecule has 1 atom stereocenters. The number of carbonyl (C=O) groups is 1. The lowest BCUT2D eigenvalue weighted by atomic mass is 9.86. The number of pyridine rings is 1. The molecule has 8 heteroatoms. The number of nitrogen functional groups attached to an aromatic ring is 1. The minimum absolute atomic E-state index is 0.0947. The molecule has 1 aromatic heterocycles. The van der Waals surface area contributed by atoms with Gasteiger partial charge in [0.15, 0.2) is 0 Å². The minimum Gasteiger partial charge on any atom is -0.480 e. The third-order valence-electron chi connectivity index (χ3n) is 3.75. The van der Waals surface area contributed by atoms with Crippen LogP contribution in [0, 0.1) is 22.7 Å². The Balaban J connectivity index is 0.000000412. The standard InChI is InChI=1S/C13H15N5O.C5H10O2/c1-19-13-10(6-15)11(8-3-2-4-17-7-8)9(5-14)12(16)18-13;1-5(2,3)7-4-6/h8,17H,2-4,7H2,1H3,(H2,16,18);4H,1-3H3. The lowest BCUT2D eigenvalue weighted by Crippen LogP contribution is -2.29. The van der Waals surface area contributed by atoms with Crippen molar-refractivity contribution >= 4 is 12.3 Å². The second kappa shape index (κ2) is 9.59. The van der Waals surface area contributed by atoms with Gasteiger partial charge in [-0.2, -0.15) is 15.5 Å². The summed E-state index contributed by atoms with van der Waals surface area (Å²) in [5, 5.41) is 21.9. The maximum absolute atomic E-state index is 9.60. The number of carbonyl (C=O) groups excluding carboxylic acids is 1. The maximum Gasteiger partial charge on any atom is 0.293 e. The van der Waals surface area contributed by atoms with Crippen molar-refractivity contribution in [3.8, 4) is 18.0 Å². The molecule has 0 saturated carbocycles. The van der Waals surface area contributed by atoms with Crippen molar-refractivity contribution < 1.29 is 14.3 Å². The van der Waals surface area contributed by atoms with Crippen LogP contribution < -0.4 is 15.8 Å². The van der Waals surface area contributed by atoms with Crippen LogP contribution in [0.25, 0.3) is 0 Å². The van der Waals surface area contributed by atoms with Crippen molar-refractivity contribution in [1.29, 1.82) is 10.5 Å². The normalized spacial score (nSPS) is 16.3. The van der Waals surface area contributed by atoms with E-state index >= 15 is 0 Å². The number of ether oxygens (including phenoxy) is 2. The fourth-order valence-corrected chi connectivity index (χ4v) is 2.62. The molecule has 0 radical (unpaired) electrons. The summed E-state index contributed by atoms with van der Waals surface area (Å²) >= 11 is 0. The Hall–Kier alpha value is -2.84. The first kappa shape index (κ1) is 21.2. The Bertz CT molecular complexity index is 707. The SMILES string of the molecule is CC(C)(C)OC=O.COc1nc(N)c(C#N)c(C2CCCNC2)c1C#N. The highest BCUT2D eigenvalue weighted by Gasteiger charge is 2.27. The van der Waals surface area contributed by atoms with Gasteiger partial charge in [-0.1, -0.05) is 0 Å². The van der Waals surface area contributed by atoms with E-state index < -0.39 is 0 Å². The fraction of sp³-hybridized carbons (Fsp3) is 0.556. The van der Waals surface area contributed by atoms with Crippen LogP contribution in [0.15, 0.2) is 0 Å². The highest BCUT2D eigenvalue weighted by Crippen LogP contribution is 2.35. The zero-order chi connectivity index (χ0) is 19.7. The number of aromatic nitrogens is 1. The van der Waals surface area contributed by atoms with E-state index in [2.05, 4.69) is 27.2 Å². The second-order valence-electron chi connectivity index (χ2n) is 6.76. The third kappa shape index (κ3) is 5.61. The lowest BCUT2D eigenvalue weighted by molar-refractivity contribution is -0.138.